The van der Waals surface area contributed by atoms with Gasteiger partial charge in [-0.1, -0.05) is 72.8 Å². The summed E-state index contributed by atoms with van der Waals surface area (Å²) >= 11 is 0. The Balaban J connectivity index is 1.26. The van der Waals surface area contributed by atoms with Gasteiger partial charge in [-0.2, -0.15) is 0 Å². The minimum Gasteiger partial charge on any atom is -0.497 e. The van der Waals surface area contributed by atoms with E-state index in [-0.39, 0.29) is 0 Å². The minimum absolute atomic E-state index is 0.779. The maximum atomic E-state index is 5.69. The van der Waals surface area contributed by atoms with Crippen molar-refractivity contribution in [2.24, 2.45) is 0 Å². The van der Waals surface area contributed by atoms with Crippen LogP contribution in [0.15, 0.2) is 175 Å². The fraction of sp³-hybridized carbons (Fsp3) is 0.0926. The third-order valence-electron chi connectivity index (χ3n) is 12.4. The van der Waals surface area contributed by atoms with Gasteiger partial charge in [-0.3, -0.25) is 0 Å². The number of hydrogen-bond acceptors (Lipinski definition) is 7. The lowest BCUT2D eigenvalue weighted by atomic mass is 9.70. The SMILES string of the molecule is COc1ccc(C2=C(c3ccc(OC)cc3)NC(=C3C=Cc4ccccc4C34c3c(ccc5ccccc35)-c3nc(-c5ccc(OC)cc5)c(-c5ccc(OC)cc5)n34)N2)cc1. The van der Waals surface area contributed by atoms with Gasteiger partial charge in [0, 0.05) is 39.0 Å². The molecule has 7 aromatic carbocycles. The summed E-state index contributed by atoms with van der Waals surface area (Å²) in [5.41, 5.74) is 12.3. The third-order valence-corrected chi connectivity index (χ3v) is 12.4. The molecule has 0 bridgehead atoms. The summed E-state index contributed by atoms with van der Waals surface area (Å²) < 4.78 is 25.0. The van der Waals surface area contributed by atoms with Gasteiger partial charge in [-0.15, -0.1) is 0 Å². The first kappa shape index (κ1) is 37.1. The molecule has 8 nitrogen and oxygen atoms in total. The summed E-state index contributed by atoms with van der Waals surface area (Å²) in [6.07, 6.45) is 4.52. The van der Waals surface area contributed by atoms with Crippen LogP contribution >= 0.6 is 0 Å². The second-order valence-corrected chi connectivity index (χ2v) is 15.5. The van der Waals surface area contributed by atoms with E-state index in [0.29, 0.717) is 0 Å². The van der Waals surface area contributed by atoms with E-state index in [1.54, 1.807) is 28.4 Å². The molecular weight excluding hydrogens is 769 g/mol. The van der Waals surface area contributed by atoms with Gasteiger partial charge < -0.3 is 34.1 Å². The van der Waals surface area contributed by atoms with Gasteiger partial charge in [0.25, 0.3) is 0 Å². The molecule has 62 heavy (non-hydrogen) atoms. The molecule has 0 fully saturated rings. The van der Waals surface area contributed by atoms with Crippen LogP contribution in [-0.4, -0.2) is 38.0 Å². The summed E-state index contributed by atoms with van der Waals surface area (Å²) in [6.45, 7) is 0. The fourth-order valence-electron chi connectivity index (χ4n) is 9.53. The van der Waals surface area contributed by atoms with Crippen LogP contribution in [0.1, 0.15) is 27.8 Å². The molecule has 8 heteroatoms. The number of methoxy groups -OCH3 is 4. The molecule has 3 aliphatic rings. The number of benzene rings is 7. The lowest BCUT2D eigenvalue weighted by Crippen LogP contribution is -2.40. The molecule has 1 aliphatic carbocycles. The van der Waals surface area contributed by atoms with Crippen LogP contribution < -0.4 is 29.6 Å². The largest absolute Gasteiger partial charge is 0.497 e. The Morgan fingerprint density at radius 2 is 1.02 bits per heavy atom. The molecule has 1 aromatic heterocycles. The van der Waals surface area contributed by atoms with Crippen LogP contribution in [0.3, 0.4) is 0 Å². The molecular formula is C54H42N4O4. The molecule has 8 aromatic rings. The van der Waals surface area contributed by atoms with Crippen LogP contribution in [0.25, 0.3) is 62.1 Å². The number of fused-ring (bicyclic) bond motifs is 9. The number of rotatable bonds is 8. The van der Waals surface area contributed by atoms with Gasteiger partial charge in [-0.25, -0.2) is 4.98 Å². The van der Waals surface area contributed by atoms with Gasteiger partial charge in [0.1, 0.15) is 40.2 Å². The smallest absolute Gasteiger partial charge is 0.142 e. The maximum Gasteiger partial charge on any atom is 0.142 e. The van der Waals surface area contributed by atoms with Gasteiger partial charge in [0.15, 0.2) is 0 Å². The highest BCUT2D eigenvalue weighted by Crippen LogP contribution is 2.60. The van der Waals surface area contributed by atoms with Crippen molar-refractivity contribution in [3.05, 3.63) is 203 Å². The zero-order valence-electron chi connectivity index (χ0n) is 34.7. The third kappa shape index (κ3) is 5.57. The van der Waals surface area contributed by atoms with Crippen molar-refractivity contribution in [1.29, 1.82) is 0 Å². The number of nitrogens with zero attached hydrogens (tertiary/aromatic N) is 2. The Hall–Kier alpha value is -7.97. The zero-order chi connectivity index (χ0) is 42.0. The van der Waals surface area contributed by atoms with Gasteiger partial charge in [0.2, 0.25) is 0 Å². The van der Waals surface area contributed by atoms with E-state index in [1.807, 2.05) is 48.5 Å². The first-order chi connectivity index (χ1) is 30.5. The van der Waals surface area contributed by atoms with E-state index in [4.69, 9.17) is 23.9 Å². The van der Waals surface area contributed by atoms with Crippen LogP contribution in [0, 0.1) is 0 Å². The van der Waals surface area contributed by atoms with E-state index in [1.165, 1.54) is 5.56 Å². The lowest BCUT2D eigenvalue weighted by Gasteiger charge is -2.41. The Morgan fingerprint density at radius 1 is 0.500 bits per heavy atom. The van der Waals surface area contributed by atoms with E-state index in [2.05, 4.69) is 137 Å². The van der Waals surface area contributed by atoms with E-state index < -0.39 is 5.54 Å². The average Bonchev–Trinajstić information content (AvgIpc) is 4.04. The highest BCUT2D eigenvalue weighted by Gasteiger charge is 2.54. The monoisotopic (exact) mass is 810 g/mol. The molecule has 302 valence electrons. The summed E-state index contributed by atoms with van der Waals surface area (Å²) in [5, 5.41) is 10.2. The fourth-order valence-corrected chi connectivity index (χ4v) is 9.53. The Morgan fingerprint density at radius 3 is 1.60 bits per heavy atom. The van der Waals surface area contributed by atoms with Crippen LogP contribution in [0.2, 0.25) is 0 Å². The van der Waals surface area contributed by atoms with Crippen LogP contribution in [0.5, 0.6) is 23.0 Å². The lowest BCUT2D eigenvalue weighted by molar-refractivity contribution is 0.414. The number of aromatic nitrogens is 2. The second-order valence-electron chi connectivity index (χ2n) is 15.5. The zero-order valence-corrected chi connectivity index (χ0v) is 34.7. The normalized spacial score (nSPS) is 15.9. The van der Waals surface area contributed by atoms with Crippen LogP contribution in [-0.2, 0) is 5.54 Å². The highest BCUT2D eigenvalue weighted by molar-refractivity contribution is 6.00. The highest BCUT2D eigenvalue weighted by atomic mass is 16.5. The molecule has 0 amide bonds. The predicted molar refractivity (Wildman–Crippen MR) is 247 cm³/mol. The van der Waals surface area contributed by atoms with Gasteiger partial charge in [-0.05, 0) is 119 Å². The minimum atomic E-state index is -0.931. The molecule has 0 saturated carbocycles. The van der Waals surface area contributed by atoms with Gasteiger partial charge in [0.05, 0.1) is 51.2 Å². The van der Waals surface area contributed by atoms with Crippen molar-refractivity contribution in [2.45, 2.75) is 5.54 Å². The molecule has 3 heterocycles. The number of hydrogen-bond donors (Lipinski definition) is 2. The van der Waals surface area contributed by atoms with Crippen LogP contribution in [0.4, 0.5) is 0 Å². The van der Waals surface area contributed by atoms with Crippen molar-refractivity contribution >= 4 is 28.2 Å². The van der Waals surface area contributed by atoms with E-state index >= 15 is 0 Å². The Bertz CT molecular complexity index is 3080. The number of nitrogens with one attached hydrogen (secondary N) is 2. The molecule has 1 spiro atoms. The number of ether oxygens (including phenoxy) is 4. The Kier molecular flexibility index (Phi) is 8.75. The molecule has 1 atom stereocenters. The summed E-state index contributed by atoms with van der Waals surface area (Å²) in [5.74, 6) is 4.88. The first-order valence-corrected chi connectivity index (χ1v) is 20.6. The Labute approximate surface area is 360 Å². The number of imidazole rings is 1. The van der Waals surface area contributed by atoms with E-state index in [9.17, 15) is 0 Å². The summed E-state index contributed by atoms with van der Waals surface area (Å²) in [6, 6.07) is 54.8. The molecule has 2 aliphatic heterocycles. The second kappa shape index (κ2) is 14.6. The number of allylic oxidation sites excluding steroid dienone is 2. The standard InChI is InChI=1S/C54H42N4O4/c1-59-39-23-13-35(14-24-39)48-49(36-15-25-40(60-2)26-16-36)56-52(55-48)46-32-22-34-10-6-8-12-45(34)54(46)47-43-11-7-5-9-33(43)21-31-44(47)53-57-50(37-17-27-41(61-3)28-18-37)51(58(53)54)38-19-29-42(62-4)30-20-38/h5-32,55-56H,1-4H3. The molecule has 0 radical (unpaired) electrons. The van der Waals surface area contributed by atoms with Crippen molar-refractivity contribution in [2.75, 3.05) is 28.4 Å². The summed E-state index contributed by atoms with van der Waals surface area (Å²) in [4.78, 5) is 5.69. The molecule has 0 saturated heterocycles. The van der Waals surface area contributed by atoms with Crippen molar-refractivity contribution in [1.82, 2.24) is 20.2 Å². The predicted octanol–water partition coefficient (Wildman–Crippen LogP) is 11.1. The van der Waals surface area contributed by atoms with E-state index in [0.717, 1.165) is 113 Å². The van der Waals surface area contributed by atoms with Gasteiger partial charge >= 0.3 is 0 Å². The van der Waals surface area contributed by atoms with Crippen molar-refractivity contribution in [3.8, 4) is 56.9 Å². The molecule has 1 unspecified atom stereocenters. The first-order valence-electron chi connectivity index (χ1n) is 20.6. The molecule has 11 rings (SSSR count). The average molecular weight is 811 g/mol. The quantitative estimate of drug-likeness (QED) is 0.158. The maximum absolute atomic E-state index is 5.69. The molecule has 2 N–H and O–H groups in total. The summed E-state index contributed by atoms with van der Waals surface area (Å²) in [7, 11) is 6.77. The van der Waals surface area contributed by atoms with Crippen molar-refractivity contribution < 1.29 is 18.9 Å². The van der Waals surface area contributed by atoms with Crippen molar-refractivity contribution in [3.63, 3.8) is 0 Å². The topological polar surface area (TPSA) is 78.8 Å².